The standard InChI is InChI=1S/C9H4Cl2N4/c10-4-1-2-5-6(3-4)12-7-8(11)14-15-9(7)13-5/h1-3H,(H,13,14,15). The summed E-state index contributed by atoms with van der Waals surface area (Å²) in [4.78, 5) is 8.62. The van der Waals surface area contributed by atoms with Crippen molar-refractivity contribution in [3.63, 3.8) is 0 Å². The van der Waals surface area contributed by atoms with Crippen LogP contribution in [0.25, 0.3) is 22.2 Å². The number of H-pyrrole nitrogens is 1. The molecular weight excluding hydrogens is 235 g/mol. The van der Waals surface area contributed by atoms with E-state index in [0.717, 1.165) is 5.52 Å². The molecule has 0 saturated heterocycles. The molecule has 3 rings (SSSR count). The number of aromatic nitrogens is 4. The minimum absolute atomic E-state index is 0.388. The lowest BCUT2D eigenvalue weighted by atomic mass is 10.3. The number of aromatic amines is 1. The molecule has 0 atom stereocenters. The van der Waals surface area contributed by atoms with Crippen LogP contribution in [-0.2, 0) is 0 Å². The Balaban J connectivity index is 2.50. The van der Waals surface area contributed by atoms with Gasteiger partial charge in [0.25, 0.3) is 0 Å². The van der Waals surface area contributed by atoms with Crippen molar-refractivity contribution < 1.29 is 0 Å². The van der Waals surface area contributed by atoms with Crippen molar-refractivity contribution in [3.05, 3.63) is 28.4 Å². The van der Waals surface area contributed by atoms with Crippen LogP contribution in [0.4, 0.5) is 0 Å². The largest absolute Gasteiger partial charge is 0.263 e. The first kappa shape index (κ1) is 8.88. The Morgan fingerprint density at radius 3 is 2.80 bits per heavy atom. The zero-order chi connectivity index (χ0) is 10.4. The quantitative estimate of drug-likeness (QED) is 0.656. The first-order valence-corrected chi connectivity index (χ1v) is 4.96. The van der Waals surface area contributed by atoms with E-state index < -0.39 is 0 Å². The fourth-order valence-corrected chi connectivity index (χ4v) is 1.73. The maximum Gasteiger partial charge on any atom is 0.201 e. The minimum atomic E-state index is 0.388. The Morgan fingerprint density at radius 2 is 1.93 bits per heavy atom. The van der Waals surface area contributed by atoms with E-state index in [0.29, 0.717) is 26.9 Å². The molecule has 0 unspecified atom stereocenters. The summed E-state index contributed by atoms with van der Waals surface area (Å²) in [5, 5.41) is 7.56. The number of nitrogens with one attached hydrogen (secondary N) is 1. The van der Waals surface area contributed by atoms with Crippen molar-refractivity contribution in [3.8, 4) is 0 Å². The summed E-state index contributed by atoms with van der Waals surface area (Å²) in [5.41, 5.74) is 2.52. The van der Waals surface area contributed by atoms with Gasteiger partial charge < -0.3 is 0 Å². The number of hydrogen-bond acceptors (Lipinski definition) is 3. The smallest absolute Gasteiger partial charge is 0.201 e. The van der Waals surface area contributed by atoms with Gasteiger partial charge in [0, 0.05) is 5.02 Å². The molecule has 1 aromatic carbocycles. The van der Waals surface area contributed by atoms with Crippen LogP contribution in [0.15, 0.2) is 18.2 Å². The Labute approximate surface area is 94.2 Å². The fraction of sp³-hybridized carbons (Fsp3) is 0. The van der Waals surface area contributed by atoms with Gasteiger partial charge in [-0.1, -0.05) is 23.2 Å². The zero-order valence-electron chi connectivity index (χ0n) is 7.33. The molecule has 2 aromatic heterocycles. The second-order valence-corrected chi connectivity index (χ2v) is 3.88. The first-order chi connectivity index (χ1) is 7.24. The predicted octanol–water partition coefficient (Wildman–Crippen LogP) is 2.81. The summed E-state index contributed by atoms with van der Waals surface area (Å²) >= 11 is 11.7. The molecule has 4 nitrogen and oxygen atoms in total. The summed E-state index contributed by atoms with van der Waals surface area (Å²) in [6.07, 6.45) is 0. The lowest BCUT2D eigenvalue weighted by Crippen LogP contribution is -1.85. The molecule has 0 spiro atoms. The van der Waals surface area contributed by atoms with Crippen molar-refractivity contribution in [2.45, 2.75) is 0 Å². The van der Waals surface area contributed by atoms with Gasteiger partial charge in [-0.25, -0.2) is 9.97 Å². The summed E-state index contributed by atoms with van der Waals surface area (Å²) in [6, 6.07) is 5.30. The number of nitrogens with zero attached hydrogens (tertiary/aromatic N) is 3. The van der Waals surface area contributed by atoms with Crippen molar-refractivity contribution in [2.24, 2.45) is 0 Å². The van der Waals surface area contributed by atoms with E-state index in [-0.39, 0.29) is 0 Å². The molecule has 15 heavy (non-hydrogen) atoms. The lowest BCUT2D eigenvalue weighted by Gasteiger charge is -1.96. The molecule has 1 N–H and O–H groups in total. The highest BCUT2D eigenvalue weighted by Crippen LogP contribution is 2.22. The van der Waals surface area contributed by atoms with Crippen molar-refractivity contribution in [1.82, 2.24) is 20.2 Å². The second-order valence-electron chi connectivity index (χ2n) is 3.07. The Hall–Kier alpha value is -1.39. The van der Waals surface area contributed by atoms with Gasteiger partial charge >= 0.3 is 0 Å². The maximum absolute atomic E-state index is 5.86. The van der Waals surface area contributed by atoms with Crippen LogP contribution in [0.1, 0.15) is 0 Å². The summed E-state index contributed by atoms with van der Waals surface area (Å²) in [7, 11) is 0. The number of halogens is 2. The fourth-order valence-electron chi connectivity index (χ4n) is 1.40. The molecule has 0 bridgehead atoms. The van der Waals surface area contributed by atoms with Crippen LogP contribution in [-0.4, -0.2) is 20.2 Å². The maximum atomic E-state index is 5.86. The third kappa shape index (κ3) is 1.33. The summed E-state index contributed by atoms with van der Waals surface area (Å²) in [6.45, 7) is 0. The molecule has 6 heteroatoms. The molecule has 0 amide bonds. The van der Waals surface area contributed by atoms with Crippen LogP contribution < -0.4 is 0 Å². The molecule has 0 aliphatic carbocycles. The van der Waals surface area contributed by atoms with Crippen molar-refractivity contribution in [2.75, 3.05) is 0 Å². The van der Waals surface area contributed by atoms with E-state index in [1.54, 1.807) is 18.2 Å². The molecular formula is C9H4Cl2N4. The second kappa shape index (κ2) is 3.05. The third-order valence-electron chi connectivity index (χ3n) is 2.08. The van der Waals surface area contributed by atoms with Gasteiger partial charge in [0.15, 0.2) is 5.15 Å². The number of rotatable bonds is 0. The monoisotopic (exact) mass is 238 g/mol. The van der Waals surface area contributed by atoms with E-state index in [2.05, 4.69) is 20.2 Å². The number of hydrogen-bond donors (Lipinski definition) is 1. The van der Waals surface area contributed by atoms with Crippen LogP contribution in [0.2, 0.25) is 10.2 Å². The van der Waals surface area contributed by atoms with Crippen molar-refractivity contribution in [1.29, 1.82) is 0 Å². The van der Waals surface area contributed by atoms with Gasteiger partial charge in [0.2, 0.25) is 5.65 Å². The topological polar surface area (TPSA) is 54.5 Å². The summed E-state index contributed by atoms with van der Waals surface area (Å²) < 4.78 is 0. The Morgan fingerprint density at radius 1 is 1.07 bits per heavy atom. The highest BCUT2D eigenvalue weighted by molar-refractivity contribution is 6.33. The van der Waals surface area contributed by atoms with E-state index >= 15 is 0 Å². The van der Waals surface area contributed by atoms with E-state index in [9.17, 15) is 0 Å². The van der Waals surface area contributed by atoms with Gasteiger partial charge in [-0.3, -0.25) is 5.10 Å². The third-order valence-corrected chi connectivity index (χ3v) is 2.57. The molecule has 0 aliphatic rings. The minimum Gasteiger partial charge on any atom is -0.263 e. The van der Waals surface area contributed by atoms with E-state index in [1.165, 1.54) is 0 Å². The molecule has 74 valence electrons. The number of benzene rings is 1. The van der Waals surface area contributed by atoms with Gasteiger partial charge in [-0.05, 0) is 18.2 Å². The van der Waals surface area contributed by atoms with Gasteiger partial charge in [-0.15, -0.1) is 0 Å². The van der Waals surface area contributed by atoms with Crippen LogP contribution in [0, 0.1) is 0 Å². The summed E-state index contributed by atoms with van der Waals surface area (Å²) in [5.74, 6) is 0. The molecule has 0 radical (unpaired) electrons. The van der Waals surface area contributed by atoms with E-state index in [1.807, 2.05) is 0 Å². The van der Waals surface area contributed by atoms with Gasteiger partial charge in [0.1, 0.15) is 5.52 Å². The lowest BCUT2D eigenvalue weighted by molar-refractivity contribution is 1.10. The molecule has 3 aromatic rings. The van der Waals surface area contributed by atoms with Crippen molar-refractivity contribution >= 4 is 45.4 Å². The first-order valence-electron chi connectivity index (χ1n) is 4.21. The van der Waals surface area contributed by atoms with Gasteiger partial charge in [-0.2, -0.15) is 5.10 Å². The number of fused-ring (bicyclic) bond motifs is 2. The molecule has 0 aliphatic heterocycles. The van der Waals surface area contributed by atoms with Crippen LogP contribution >= 0.6 is 23.2 Å². The molecule has 0 fully saturated rings. The van der Waals surface area contributed by atoms with Crippen LogP contribution in [0.5, 0.6) is 0 Å². The Kier molecular flexibility index (Phi) is 1.81. The van der Waals surface area contributed by atoms with E-state index in [4.69, 9.17) is 23.2 Å². The Bertz CT molecular complexity index is 662. The average Bonchev–Trinajstić information content (AvgIpc) is 2.57. The zero-order valence-corrected chi connectivity index (χ0v) is 8.84. The normalized spacial score (nSPS) is 11.3. The SMILES string of the molecule is Clc1ccc2nc3n[nH]c(Cl)c3nc2c1. The predicted molar refractivity (Wildman–Crippen MR) is 59.2 cm³/mol. The molecule has 0 saturated carbocycles. The van der Waals surface area contributed by atoms with Gasteiger partial charge in [0.05, 0.1) is 11.0 Å². The molecule has 2 heterocycles. The average molecular weight is 239 g/mol. The highest BCUT2D eigenvalue weighted by Gasteiger charge is 2.08. The highest BCUT2D eigenvalue weighted by atomic mass is 35.5. The van der Waals surface area contributed by atoms with Crippen LogP contribution in [0.3, 0.4) is 0 Å².